The second-order valence-electron chi connectivity index (χ2n) is 8.30. The van der Waals surface area contributed by atoms with Gasteiger partial charge >= 0.3 is 0 Å². The fourth-order valence-corrected chi connectivity index (χ4v) is 4.78. The van der Waals surface area contributed by atoms with Gasteiger partial charge in [-0.25, -0.2) is 0 Å². The molecule has 5 rings (SSSR count). The van der Waals surface area contributed by atoms with E-state index in [1.54, 1.807) is 0 Å². The highest BCUT2D eigenvalue weighted by atomic mass is 32.2. The lowest BCUT2D eigenvalue weighted by molar-refractivity contribution is -0.113. The average molecular weight is 434 g/mol. The van der Waals surface area contributed by atoms with Gasteiger partial charge in [-0.05, 0) is 68.6 Å². The number of rotatable bonds is 8. The Balaban J connectivity index is 1.20. The summed E-state index contributed by atoms with van der Waals surface area (Å²) in [5, 5.41) is 12.6. The Morgan fingerprint density at radius 3 is 2.45 bits per heavy atom. The van der Waals surface area contributed by atoms with Crippen LogP contribution >= 0.6 is 11.8 Å². The van der Waals surface area contributed by atoms with Gasteiger partial charge in [0.2, 0.25) is 5.91 Å². The first-order valence-electron chi connectivity index (χ1n) is 11.0. The number of likely N-dealkylation sites (tertiary alicyclic amines) is 1. The molecule has 1 N–H and O–H groups in total. The third-order valence-electron chi connectivity index (χ3n) is 5.79. The molecule has 1 aromatic heterocycles. The lowest BCUT2D eigenvalue weighted by Gasteiger charge is -2.14. The van der Waals surface area contributed by atoms with E-state index >= 15 is 0 Å². The van der Waals surface area contributed by atoms with Gasteiger partial charge in [0, 0.05) is 23.8 Å². The van der Waals surface area contributed by atoms with Gasteiger partial charge in [-0.1, -0.05) is 42.1 Å². The number of nitrogens with zero attached hydrogens (tertiary/aromatic N) is 4. The molecule has 2 aliphatic rings. The largest absolute Gasteiger partial charge is 0.325 e. The summed E-state index contributed by atoms with van der Waals surface area (Å²) in [6, 6.07) is 18.3. The number of aromatic nitrogens is 3. The molecule has 1 amide bonds. The fraction of sp³-hybridized carbons (Fsp3) is 0.375. The minimum atomic E-state index is -0.0344. The Labute approximate surface area is 187 Å². The molecule has 3 aromatic rings. The Hall–Kier alpha value is -2.64. The smallest absolute Gasteiger partial charge is 0.234 e. The number of hydrogen-bond acceptors (Lipinski definition) is 5. The number of benzene rings is 2. The van der Waals surface area contributed by atoms with E-state index in [9.17, 15) is 4.79 Å². The van der Waals surface area contributed by atoms with Crippen LogP contribution in [0.25, 0.3) is 5.69 Å². The standard InChI is InChI=1S/C24H27N5OS/c30-22(25-20-12-8-18(9-13-20)16-28-14-4-5-15-28)17-31-24-27-26-23(19-10-11-19)29(24)21-6-2-1-3-7-21/h1-3,6-9,12-13,19H,4-5,10-11,14-17H2,(H,25,30). The van der Waals surface area contributed by atoms with Gasteiger partial charge in [0.15, 0.2) is 5.16 Å². The first-order valence-corrected chi connectivity index (χ1v) is 12.0. The molecule has 1 aliphatic heterocycles. The van der Waals surface area contributed by atoms with Crippen molar-refractivity contribution in [1.29, 1.82) is 0 Å². The molecule has 0 bridgehead atoms. The molecule has 7 heteroatoms. The molecular weight excluding hydrogens is 406 g/mol. The molecule has 0 atom stereocenters. The molecule has 2 fully saturated rings. The molecule has 1 aliphatic carbocycles. The van der Waals surface area contributed by atoms with E-state index < -0.39 is 0 Å². The summed E-state index contributed by atoms with van der Waals surface area (Å²) >= 11 is 1.43. The van der Waals surface area contributed by atoms with Crippen molar-refractivity contribution in [1.82, 2.24) is 19.7 Å². The topological polar surface area (TPSA) is 63.1 Å². The molecule has 6 nitrogen and oxygen atoms in total. The van der Waals surface area contributed by atoms with Gasteiger partial charge in [0.1, 0.15) is 5.82 Å². The number of carbonyl (C=O) groups excluding carboxylic acids is 1. The molecule has 2 heterocycles. The van der Waals surface area contributed by atoms with E-state index in [1.165, 1.54) is 43.3 Å². The van der Waals surface area contributed by atoms with Crippen LogP contribution in [0.1, 0.15) is 43.0 Å². The average Bonchev–Trinajstić information content (AvgIpc) is 3.34. The van der Waals surface area contributed by atoms with Crippen LogP contribution in [0.2, 0.25) is 0 Å². The third-order valence-corrected chi connectivity index (χ3v) is 6.72. The van der Waals surface area contributed by atoms with Gasteiger partial charge in [0.25, 0.3) is 0 Å². The molecule has 160 valence electrons. The van der Waals surface area contributed by atoms with Crippen molar-refractivity contribution in [3.8, 4) is 5.69 Å². The normalized spacial score (nSPS) is 16.5. The van der Waals surface area contributed by atoms with Crippen molar-refractivity contribution >= 4 is 23.4 Å². The summed E-state index contributed by atoms with van der Waals surface area (Å²) in [6.07, 6.45) is 4.91. The molecule has 0 radical (unpaired) electrons. The first kappa shape index (κ1) is 20.3. The highest BCUT2D eigenvalue weighted by molar-refractivity contribution is 7.99. The van der Waals surface area contributed by atoms with Crippen LogP contribution in [0.15, 0.2) is 59.8 Å². The Bertz CT molecular complexity index is 1020. The van der Waals surface area contributed by atoms with Crippen LogP contribution in [0, 0.1) is 0 Å². The Morgan fingerprint density at radius 2 is 1.74 bits per heavy atom. The minimum absolute atomic E-state index is 0.0344. The number of hydrogen-bond donors (Lipinski definition) is 1. The second kappa shape index (κ2) is 9.24. The summed E-state index contributed by atoms with van der Waals surface area (Å²) in [6.45, 7) is 3.36. The third kappa shape index (κ3) is 4.99. The van der Waals surface area contributed by atoms with Crippen LogP contribution in [0.4, 0.5) is 5.69 Å². The summed E-state index contributed by atoms with van der Waals surface area (Å²) < 4.78 is 2.10. The van der Waals surface area contributed by atoms with E-state index in [1.807, 2.05) is 30.3 Å². The molecule has 31 heavy (non-hydrogen) atoms. The van der Waals surface area contributed by atoms with Crippen LogP contribution in [-0.4, -0.2) is 44.4 Å². The number of carbonyl (C=O) groups is 1. The number of para-hydroxylation sites is 1. The van der Waals surface area contributed by atoms with Crippen molar-refractivity contribution in [3.05, 3.63) is 66.0 Å². The minimum Gasteiger partial charge on any atom is -0.325 e. The first-order chi connectivity index (χ1) is 15.3. The van der Waals surface area contributed by atoms with Crippen molar-refractivity contribution < 1.29 is 4.79 Å². The number of anilines is 1. The highest BCUT2D eigenvalue weighted by Gasteiger charge is 2.31. The van der Waals surface area contributed by atoms with Crippen molar-refractivity contribution in [2.45, 2.75) is 43.3 Å². The van der Waals surface area contributed by atoms with Crippen molar-refractivity contribution in [2.24, 2.45) is 0 Å². The molecule has 2 aromatic carbocycles. The van der Waals surface area contributed by atoms with Crippen molar-refractivity contribution in [3.63, 3.8) is 0 Å². The van der Waals surface area contributed by atoms with Gasteiger partial charge < -0.3 is 5.32 Å². The van der Waals surface area contributed by atoms with Crippen LogP contribution in [0.3, 0.4) is 0 Å². The SMILES string of the molecule is O=C(CSc1nnc(C2CC2)n1-c1ccccc1)Nc1ccc(CN2CCCC2)cc1. The lowest BCUT2D eigenvalue weighted by atomic mass is 10.2. The monoisotopic (exact) mass is 433 g/mol. The molecule has 1 saturated carbocycles. The van der Waals surface area contributed by atoms with E-state index in [-0.39, 0.29) is 5.91 Å². The summed E-state index contributed by atoms with van der Waals surface area (Å²) in [4.78, 5) is 15.0. The number of nitrogens with one attached hydrogen (secondary N) is 1. The van der Waals surface area contributed by atoms with Gasteiger partial charge in [-0.2, -0.15) is 0 Å². The zero-order chi connectivity index (χ0) is 21.0. The molecule has 0 spiro atoms. The van der Waals surface area contributed by atoms with Crippen LogP contribution < -0.4 is 5.32 Å². The van der Waals surface area contributed by atoms with Crippen molar-refractivity contribution in [2.75, 3.05) is 24.2 Å². The van der Waals surface area contributed by atoms with Gasteiger partial charge in [0.05, 0.1) is 5.75 Å². The summed E-state index contributed by atoms with van der Waals surface area (Å²) in [5.74, 6) is 1.75. The van der Waals surface area contributed by atoms with E-state index in [0.717, 1.165) is 41.7 Å². The summed E-state index contributed by atoms with van der Waals surface area (Å²) in [5.41, 5.74) is 3.17. The zero-order valence-electron chi connectivity index (χ0n) is 17.5. The van der Waals surface area contributed by atoms with Crippen LogP contribution in [-0.2, 0) is 11.3 Å². The fourth-order valence-electron chi connectivity index (χ4n) is 4.02. The van der Waals surface area contributed by atoms with E-state index in [4.69, 9.17) is 0 Å². The highest BCUT2D eigenvalue weighted by Crippen LogP contribution is 2.41. The maximum Gasteiger partial charge on any atom is 0.234 e. The molecule has 0 unspecified atom stereocenters. The summed E-state index contributed by atoms with van der Waals surface area (Å²) in [7, 11) is 0. The van der Waals surface area contributed by atoms with Crippen LogP contribution in [0.5, 0.6) is 0 Å². The van der Waals surface area contributed by atoms with Gasteiger partial charge in [-0.15, -0.1) is 10.2 Å². The predicted molar refractivity (Wildman–Crippen MR) is 124 cm³/mol. The maximum atomic E-state index is 12.6. The second-order valence-corrected chi connectivity index (χ2v) is 9.25. The number of amides is 1. The quantitative estimate of drug-likeness (QED) is 0.531. The van der Waals surface area contributed by atoms with E-state index in [2.05, 4.69) is 49.2 Å². The number of thioether (sulfide) groups is 1. The Kier molecular flexibility index (Phi) is 6.04. The maximum absolute atomic E-state index is 12.6. The van der Waals surface area contributed by atoms with E-state index in [0.29, 0.717) is 11.7 Å². The lowest BCUT2D eigenvalue weighted by Crippen LogP contribution is -2.18. The zero-order valence-corrected chi connectivity index (χ0v) is 18.4. The predicted octanol–water partition coefficient (Wildman–Crippen LogP) is 4.47. The molecule has 1 saturated heterocycles. The molecular formula is C24H27N5OS. The van der Waals surface area contributed by atoms with Gasteiger partial charge in [-0.3, -0.25) is 14.3 Å². The Morgan fingerprint density at radius 1 is 1.00 bits per heavy atom.